The van der Waals surface area contributed by atoms with E-state index in [4.69, 9.17) is 9.47 Å². The SMILES string of the molecule is O=C(/C=C/c1ccccc1)NCc1ccc2c(c1)OCCO2. The molecular weight excluding hydrogens is 278 g/mol. The van der Waals surface area contributed by atoms with E-state index in [9.17, 15) is 4.79 Å². The van der Waals surface area contributed by atoms with Gasteiger partial charge >= 0.3 is 0 Å². The van der Waals surface area contributed by atoms with Crippen molar-refractivity contribution < 1.29 is 14.3 Å². The van der Waals surface area contributed by atoms with Crippen molar-refractivity contribution in [2.75, 3.05) is 13.2 Å². The lowest BCUT2D eigenvalue weighted by Crippen LogP contribution is -2.20. The standard InChI is InChI=1S/C18H17NO3/c20-18(9-7-14-4-2-1-3-5-14)19-13-15-6-8-16-17(12-15)22-11-10-21-16/h1-9,12H,10-11,13H2,(H,19,20)/b9-7+. The normalized spacial score (nSPS) is 13.1. The summed E-state index contributed by atoms with van der Waals surface area (Å²) in [6.45, 7) is 1.59. The van der Waals surface area contributed by atoms with E-state index in [1.807, 2.05) is 48.5 Å². The molecule has 1 heterocycles. The van der Waals surface area contributed by atoms with Gasteiger partial charge in [0.25, 0.3) is 0 Å². The molecule has 1 aliphatic heterocycles. The Hall–Kier alpha value is -2.75. The van der Waals surface area contributed by atoms with Gasteiger partial charge in [0.15, 0.2) is 11.5 Å². The molecule has 3 rings (SSSR count). The van der Waals surface area contributed by atoms with E-state index in [-0.39, 0.29) is 5.91 Å². The first kappa shape index (κ1) is 14.2. The molecule has 4 heteroatoms. The van der Waals surface area contributed by atoms with Crippen molar-refractivity contribution in [1.29, 1.82) is 0 Å². The Morgan fingerprint density at radius 3 is 2.64 bits per heavy atom. The van der Waals surface area contributed by atoms with Crippen LogP contribution in [0.1, 0.15) is 11.1 Å². The zero-order valence-corrected chi connectivity index (χ0v) is 12.1. The summed E-state index contributed by atoms with van der Waals surface area (Å²) in [5.41, 5.74) is 1.97. The van der Waals surface area contributed by atoms with E-state index in [1.54, 1.807) is 6.08 Å². The molecule has 0 saturated heterocycles. The van der Waals surface area contributed by atoms with E-state index < -0.39 is 0 Å². The predicted molar refractivity (Wildman–Crippen MR) is 84.8 cm³/mol. The maximum Gasteiger partial charge on any atom is 0.244 e. The number of carbonyl (C=O) groups excluding carboxylic acids is 1. The average molecular weight is 295 g/mol. The number of rotatable bonds is 4. The Morgan fingerprint density at radius 1 is 1.05 bits per heavy atom. The Bertz CT molecular complexity index is 680. The molecule has 0 bridgehead atoms. The van der Waals surface area contributed by atoms with Gasteiger partial charge in [0.2, 0.25) is 5.91 Å². The van der Waals surface area contributed by atoms with Gasteiger partial charge in [0, 0.05) is 12.6 Å². The van der Waals surface area contributed by atoms with Gasteiger partial charge in [0.1, 0.15) is 13.2 Å². The lowest BCUT2D eigenvalue weighted by molar-refractivity contribution is -0.116. The van der Waals surface area contributed by atoms with Crippen LogP contribution in [0.2, 0.25) is 0 Å². The number of amides is 1. The molecule has 1 amide bonds. The summed E-state index contributed by atoms with van der Waals surface area (Å²) >= 11 is 0. The predicted octanol–water partition coefficient (Wildman–Crippen LogP) is 2.79. The van der Waals surface area contributed by atoms with Crippen LogP contribution in [0.5, 0.6) is 11.5 Å². The number of fused-ring (bicyclic) bond motifs is 1. The quantitative estimate of drug-likeness (QED) is 0.882. The Balaban J connectivity index is 1.56. The molecular formula is C18H17NO3. The molecule has 4 nitrogen and oxygen atoms in total. The fourth-order valence-electron chi connectivity index (χ4n) is 2.18. The molecule has 22 heavy (non-hydrogen) atoms. The summed E-state index contributed by atoms with van der Waals surface area (Å²) in [6, 6.07) is 15.4. The van der Waals surface area contributed by atoms with Crippen LogP contribution in [0, 0.1) is 0 Å². The van der Waals surface area contributed by atoms with Gasteiger partial charge in [0.05, 0.1) is 0 Å². The third-order valence-corrected chi connectivity index (χ3v) is 3.30. The van der Waals surface area contributed by atoms with Crippen molar-refractivity contribution in [3.8, 4) is 11.5 Å². The maximum absolute atomic E-state index is 11.8. The molecule has 0 radical (unpaired) electrons. The van der Waals surface area contributed by atoms with Crippen LogP contribution < -0.4 is 14.8 Å². The molecule has 0 fully saturated rings. The topological polar surface area (TPSA) is 47.6 Å². The van der Waals surface area contributed by atoms with Crippen molar-refractivity contribution >= 4 is 12.0 Å². The van der Waals surface area contributed by atoms with Crippen LogP contribution in [0.15, 0.2) is 54.6 Å². The summed E-state index contributed by atoms with van der Waals surface area (Å²) in [5, 5.41) is 2.85. The molecule has 0 saturated carbocycles. The fourth-order valence-corrected chi connectivity index (χ4v) is 2.18. The van der Waals surface area contributed by atoms with Crippen molar-refractivity contribution in [2.45, 2.75) is 6.54 Å². The fraction of sp³-hybridized carbons (Fsp3) is 0.167. The molecule has 0 aromatic heterocycles. The van der Waals surface area contributed by atoms with Crippen molar-refractivity contribution in [1.82, 2.24) is 5.32 Å². The number of carbonyl (C=O) groups is 1. The molecule has 0 spiro atoms. The van der Waals surface area contributed by atoms with E-state index in [2.05, 4.69) is 5.32 Å². The van der Waals surface area contributed by atoms with Gasteiger partial charge in [-0.2, -0.15) is 0 Å². The van der Waals surface area contributed by atoms with Crippen LogP contribution in [0.4, 0.5) is 0 Å². The highest BCUT2D eigenvalue weighted by Crippen LogP contribution is 2.30. The molecule has 2 aromatic carbocycles. The summed E-state index contributed by atoms with van der Waals surface area (Å²) < 4.78 is 11.0. The zero-order chi connectivity index (χ0) is 15.2. The third-order valence-electron chi connectivity index (χ3n) is 3.30. The van der Waals surface area contributed by atoms with Crippen molar-refractivity contribution in [3.63, 3.8) is 0 Å². The largest absolute Gasteiger partial charge is 0.486 e. The minimum Gasteiger partial charge on any atom is -0.486 e. The Kier molecular flexibility index (Phi) is 4.39. The van der Waals surface area contributed by atoms with Gasteiger partial charge in [-0.05, 0) is 29.3 Å². The molecule has 112 valence electrons. The van der Waals surface area contributed by atoms with Gasteiger partial charge in [-0.1, -0.05) is 36.4 Å². The molecule has 0 unspecified atom stereocenters. The summed E-state index contributed by atoms with van der Waals surface area (Å²) in [7, 11) is 0. The van der Waals surface area contributed by atoms with Gasteiger partial charge in [-0.15, -0.1) is 0 Å². The van der Waals surface area contributed by atoms with E-state index in [0.717, 1.165) is 22.6 Å². The highest BCUT2D eigenvalue weighted by atomic mass is 16.6. The zero-order valence-electron chi connectivity index (χ0n) is 12.1. The lowest BCUT2D eigenvalue weighted by atomic mass is 10.2. The molecule has 0 atom stereocenters. The van der Waals surface area contributed by atoms with Gasteiger partial charge in [-0.3, -0.25) is 4.79 Å². The van der Waals surface area contributed by atoms with Crippen LogP contribution >= 0.6 is 0 Å². The molecule has 1 N–H and O–H groups in total. The first-order valence-corrected chi connectivity index (χ1v) is 7.21. The van der Waals surface area contributed by atoms with Gasteiger partial charge in [-0.25, -0.2) is 0 Å². The first-order chi connectivity index (χ1) is 10.8. The Labute approximate surface area is 129 Å². The second-order valence-corrected chi connectivity index (χ2v) is 4.94. The highest BCUT2D eigenvalue weighted by molar-refractivity contribution is 5.91. The number of nitrogens with one attached hydrogen (secondary N) is 1. The van der Waals surface area contributed by atoms with Crippen LogP contribution in [-0.4, -0.2) is 19.1 Å². The van der Waals surface area contributed by atoms with Gasteiger partial charge < -0.3 is 14.8 Å². The minimum absolute atomic E-state index is 0.126. The third kappa shape index (κ3) is 3.67. The Morgan fingerprint density at radius 2 is 1.82 bits per heavy atom. The highest BCUT2D eigenvalue weighted by Gasteiger charge is 2.11. The second kappa shape index (κ2) is 6.80. The average Bonchev–Trinajstić information content (AvgIpc) is 2.59. The molecule has 0 aliphatic carbocycles. The summed E-state index contributed by atoms with van der Waals surface area (Å²) in [4.78, 5) is 11.8. The van der Waals surface area contributed by atoms with Crippen LogP contribution in [0.25, 0.3) is 6.08 Å². The minimum atomic E-state index is -0.126. The molecule has 1 aliphatic rings. The summed E-state index contributed by atoms with van der Waals surface area (Å²) in [5.74, 6) is 1.36. The monoisotopic (exact) mass is 295 g/mol. The van der Waals surface area contributed by atoms with Crippen LogP contribution in [-0.2, 0) is 11.3 Å². The summed E-state index contributed by atoms with van der Waals surface area (Å²) in [6.07, 6.45) is 3.33. The molecule has 2 aromatic rings. The number of hydrogen-bond acceptors (Lipinski definition) is 3. The van der Waals surface area contributed by atoms with Crippen molar-refractivity contribution in [3.05, 3.63) is 65.7 Å². The number of hydrogen-bond donors (Lipinski definition) is 1. The van der Waals surface area contributed by atoms with E-state index in [0.29, 0.717) is 19.8 Å². The van der Waals surface area contributed by atoms with E-state index in [1.165, 1.54) is 6.08 Å². The lowest BCUT2D eigenvalue weighted by Gasteiger charge is -2.18. The smallest absolute Gasteiger partial charge is 0.244 e. The maximum atomic E-state index is 11.8. The van der Waals surface area contributed by atoms with Crippen molar-refractivity contribution in [2.24, 2.45) is 0 Å². The van der Waals surface area contributed by atoms with Crippen LogP contribution in [0.3, 0.4) is 0 Å². The second-order valence-electron chi connectivity index (χ2n) is 4.94. The van der Waals surface area contributed by atoms with E-state index >= 15 is 0 Å². The number of benzene rings is 2. The first-order valence-electron chi connectivity index (χ1n) is 7.21. The number of ether oxygens (including phenoxy) is 2.